The van der Waals surface area contributed by atoms with Crippen LogP contribution in [-0.4, -0.2) is 25.3 Å². The highest BCUT2D eigenvalue weighted by molar-refractivity contribution is 6.23. The molecular weight excluding hydrogens is 294 g/mol. The van der Waals surface area contributed by atoms with Gasteiger partial charge in [0.1, 0.15) is 0 Å². The van der Waals surface area contributed by atoms with Gasteiger partial charge < -0.3 is 9.85 Å². The molecule has 0 atom stereocenters. The van der Waals surface area contributed by atoms with Crippen LogP contribution in [0.15, 0.2) is 54.6 Å². The fourth-order valence-corrected chi connectivity index (χ4v) is 3.82. The van der Waals surface area contributed by atoms with Crippen LogP contribution in [0.2, 0.25) is 0 Å². The SMILES string of the molecule is C[N+](C)([O-])CCCCc1ccc2ccc3cccc4ccc1c2c34. The molecule has 0 saturated heterocycles. The van der Waals surface area contributed by atoms with Gasteiger partial charge in [0, 0.05) is 0 Å². The summed E-state index contributed by atoms with van der Waals surface area (Å²) in [4.78, 5) is 0. The van der Waals surface area contributed by atoms with Crippen molar-refractivity contribution in [2.75, 3.05) is 20.6 Å². The Kier molecular flexibility index (Phi) is 3.67. The third kappa shape index (κ3) is 2.72. The van der Waals surface area contributed by atoms with Crippen LogP contribution in [0.1, 0.15) is 18.4 Å². The van der Waals surface area contributed by atoms with Crippen molar-refractivity contribution in [1.82, 2.24) is 0 Å². The second-order valence-electron chi connectivity index (χ2n) is 7.34. The predicted molar refractivity (Wildman–Crippen MR) is 103 cm³/mol. The van der Waals surface area contributed by atoms with Gasteiger partial charge in [-0.05, 0) is 57.1 Å². The lowest BCUT2D eigenvalue weighted by atomic mass is 9.90. The maximum absolute atomic E-state index is 11.7. The number of aryl methyl sites for hydroxylation is 1. The number of nitrogens with zero attached hydrogens (tertiary/aromatic N) is 1. The zero-order valence-electron chi connectivity index (χ0n) is 14.4. The van der Waals surface area contributed by atoms with E-state index in [9.17, 15) is 5.21 Å². The minimum Gasteiger partial charge on any atom is -0.633 e. The molecule has 0 aliphatic carbocycles. The van der Waals surface area contributed by atoms with Crippen molar-refractivity contribution in [2.45, 2.75) is 19.3 Å². The summed E-state index contributed by atoms with van der Waals surface area (Å²) in [5.74, 6) is 0. The van der Waals surface area contributed by atoms with Crippen molar-refractivity contribution < 1.29 is 4.65 Å². The molecule has 0 heterocycles. The molecule has 4 rings (SSSR count). The van der Waals surface area contributed by atoms with Gasteiger partial charge in [0.05, 0.1) is 20.6 Å². The van der Waals surface area contributed by atoms with Crippen molar-refractivity contribution in [2.24, 2.45) is 0 Å². The van der Waals surface area contributed by atoms with Gasteiger partial charge >= 0.3 is 0 Å². The second kappa shape index (κ2) is 5.73. The van der Waals surface area contributed by atoms with Gasteiger partial charge in [0.15, 0.2) is 0 Å². The average Bonchev–Trinajstić information content (AvgIpc) is 2.56. The summed E-state index contributed by atoms with van der Waals surface area (Å²) in [6, 6.07) is 20.0. The summed E-state index contributed by atoms with van der Waals surface area (Å²) in [5.41, 5.74) is 1.40. The number of benzene rings is 4. The number of hydrogen-bond acceptors (Lipinski definition) is 1. The monoisotopic (exact) mass is 317 g/mol. The Balaban J connectivity index is 1.74. The molecule has 0 saturated carbocycles. The van der Waals surface area contributed by atoms with Crippen molar-refractivity contribution >= 4 is 32.3 Å². The molecular formula is C22H23NO. The molecule has 0 N–H and O–H groups in total. The predicted octanol–water partition coefficient (Wildman–Crippen LogP) is 5.48. The van der Waals surface area contributed by atoms with E-state index in [4.69, 9.17) is 0 Å². The van der Waals surface area contributed by atoms with Crippen molar-refractivity contribution in [1.29, 1.82) is 0 Å². The molecule has 122 valence electrons. The van der Waals surface area contributed by atoms with Crippen LogP contribution in [0.3, 0.4) is 0 Å². The lowest BCUT2D eigenvalue weighted by Gasteiger charge is -2.33. The zero-order chi connectivity index (χ0) is 16.7. The first-order valence-corrected chi connectivity index (χ1v) is 8.72. The summed E-state index contributed by atoms with van der Waals surface area (Å²) < 4.78 is -0.196. The summed E-state index contributed by atoms with van der Waals surface area (Å²) in [5, 5.41) is 19.8. The Labute approximate surface area is 142 Å². The van der Waals surface area contributed by atoms with Crippen molar-refractivity contribution in [3.63, 3.8) is 0 Å². The summed E-state index contributed by atoms with van der Waals surface area (Å²) >= 11 is 0. The molecule has 0 aliphatic heterocycles. The maximum atomic E-state index is 11.7. The van der Waals surface area contributed by atoms with E-state index in [0.717, 1.165) is 19.3 Å². The van der Waals surface area contributed by atoms with Gasteiger partial charge in [-0.25, -0.2) is 0 Å². The van der Waals surface area contributed by atoms with Gasteiger partial charge in [0.25, 0.3) is 0 Å². The normalized spacial score (nSPS) is 12.6. The summed E-state index contributed by atoms with van der Waals surface area (Å²) in [6.45, 7) is 0.686. The van der Waals surface area contributed by atoms with Crippen LogP contribution < -0.4 is 0 Å². The number of rotatable bonds is 5. The molecule has 0 unspecified atom stereocenters. The molecule has 0 bridgehead atoms. The third-order valence-electron chi connectivity index (χ3n) is 5.01. The van der Waals surface area contributed by atoms with E-state index < -0.39 is 0 Å². The molecule has 0 aromatic heterocycles. The number of hydrogen-bond donors (Lipinski definition) is 0. The number of unbranched alkanes of at least 4 members (excludes halogenated alkanes) is 1. The van der Waals surface area contributed by atoms with E-state index in [0.29, 0.717) is 6.54 Å². The molecule has 0 aliphatic rings. The topological polar surface area (TPSA) is 23.1 Å². The average molecular weight is 317 g/mol. The Morgan fingerprint density at radius 2 is 1.38 bits per heavy atom. The summed E-state index contributed by atoms with van der Waals surface area (Å²) in [7, 11) is 3.44. The highest BCUT2D eigenvalue weighted by atomic mass is 16.5. The first kappa shape index (κ1) is 15.4. The van der Waals surface area contributed by atoms with Gasteiger partial charge in [-0.1, -0.05) is 54.6 Å². The standard InChI is InChI=1S/C22H23NO/c1-23(2,24)15-4-3-6-16-9-10-19-12-11-17-7-5-8-18-13-14-20(16)22(19)21(17)18/h5,7-14H,3-4,6,15H2,1-2H3. The van der Waals surface area contributed by atoms with Crippen LogP contribution in [0.25, 0.3) is 32.3 Å². The minimum atomic E-state index is -0.196. The highest BCUT2D eigenvalue weighted by Gasteiger charge is 2.10. The van der Waals surface area contributed by atoms with Crippen LogP contribution in [0.4, 0.5) is 0 Å². The zero-order valence-corrected chi connectivity index (χ0v) is 14.4. The fourth-order valence-electron chi connectivity index (χ4n) is 3.82. The molecule has 0 spiro atoms. The molecule has 4 aromatic rings. The molecule has 4 aromatic carbocycles. The number of hydroxylamine groups is 3. The number of quaternary nitrogens is 1. The first-order valence-electron chi connectivity index (χ1n) is 8.72. The second-order valence-corrected chi connectivity index (χ2v) is 7.34. The van der Waals surface area contributed by atoms with E-state index in [1.165, 1.54) is 37.9 Å². The fraction of sp³-hybridized carbons (Fsp3) is 0.273. The quantitative estimate of drug-likeness (QED) is 0.207. The largest absolute Gasteiger partial charge is 0.633 e. The van der Waals surface area contributed by atoms with E-state index in [1.54, 1.807) is 14.1 Å². The molecule has 0 amide bonds. The van der Waals surface area contributed by atoms with Crippen LogP contribution in [0, 0.1) is 5.21 Å². The molecule has 2 nitrogen and oxygen atoms in total. The Morgan fingerprint density at radius 1 is 0.750 bits per heavy atom. The third-order valence-corrected chi connectivity index (χ3v) is 5.01. The van der Waals surface area contributed by atoms with Gasteiger partial charge in [0.2, 0.25) is 0 Å². The van der Waals surface area contributed by atoms with Crippen molar-refractivity contribution in [3.05, 3.63) is 65.4 Å². The summed E-state index contributed by atoms with van der Waals surface area (Å²) in [6.07, 6.45) is 3.07. The highest BCUT2D eigenvalue weighted by Crippen LogP contribution is 2.36. The van der Waals surface area contributed by atoms with Crippen LogP contribution in [0.5, 0.6) is 0 Å². The van der Waals surface area contributed by atoms with Gasteiger partial charge in [-0.2, -0.15) is 0 Å². The van der Waals surface area contributed by atoms with E-state index in [1.807, 2.05) is 0 Å². The molecule has 0 fully saturated rings. The molecule has 0 radical (unpaired) electrons. The van der Waals surface area contributed by atoms with Crippen LogP contribution >= 0.6 is 0 Å². The molecule has 2 heteroatoms. The van der Waals surface area contributed by atoms with E-state index in [2.05, 4.69) is 54.6 Å². The lowest BCUT2D eigenvalue weighted by molar-refractivity contribution is -0.840. The molecule has 24 heavy (non-hydrogen) atoms. The first-order chi connectivity index (χ1) is 11.5. The maximum Gasteiger partial charge on any atom is 0.0779 e. The lowest BCUT2D eigenvalue weighted by Crippen LogP contribution is -2.33. The van der Waals surface area contributed by atoms with E-state index >= 15 is 0 Å². The van der Waals surface area contributed by atoms with Crippen LogP contribution in [-0.2, 0) is 6.42 Å². The smallest absolute Gasteiger partial charge is 0.0779 e. The Hall–Kier alpha value is -2.16. The van der Waals surface area contributed by atoms with Crippen molar-refractivity contribution in [3.8, 4) is 0 Å². The van der Waals surface area contributed by atoms with Gasteiger partial charge in [-0.3, -0.25) is 0 Å². The van der Waals surface area contributed by atoms with Gasteiger partial charge in [-0.15, -0.1) is 0 Å². The Morgan fingerprint density at radius 3 is 2.08 bits per heavy atom. The minimum absolute atomic E-state index is 0.196. The van der Waals surface area contributed by atoms with E-state index in [-0.39, 0.29) is 4.65 Å². The Bertz CT molecular complexity index is 982.